The maximum Gasteiger partial charge on any atom is 0.418 e. The molecule has 0 fully saturated rings. The van der Waals surface area contributed by atoms with Gasteiger partial charge in [0.1, 0.15) is 3.70 Å². The van der Waals surface area contributed by atoms with Crippen LogP contribution in [0.3, 0.4) is 0 Å². The van der Waals surface area contributed by atoms with Crippen LogP contribution in [0.5, 0.6) is 0 Å². The Labute approximate surface area is 91.4 Å². The fourth-order valence-electron chi connectivity index (χ4n) is 0.834. The van der Waals surface area contributed by atoms with Crippen molar-refractivity contribution in [3.63, 3.8) is 0 Å². The summed E-state index contributed by atoms with van der Waals surface area (Å²) in [4.78, 5) is 3.56. The highest BCUT2D eigenvalue weighted by Gasteiger charge is 2.33. The van der Waals surface area contributed by atoms with Gasteiger partial charge in [0.25, 0.3) is 0 Å². The predicted molar refractivity (Wildman–Crippen MR) is 51.5 cm³/mol. The lowest BCUT2D eigenvalue weighted by molar-refractivity contribution is -0.138. The molecular weight excluding hydrogens is 317 g/mol. The summed E-state index contributed by atoms with van der Waals surface area (Å²) in [6.07, 6.45) is -3.57. The zero-order valence-electron chi connectivity index (χ0n) is 6.20. The number of rotatable bonds is 1. The van der Waals surface area contributed by atoms with Gasteiger partial charge in [0.2, 0.25) is 0 Å². The van der Waals surface area contributed by atoms with Gasteiger partial charge in [-0.25, -0.2) is 4.98 Å². The van der Waals surface area contributed by atoms with Gasteiger partial charge in [-0.2, -0.15) is 13.2 Å². The first-order chi connectivity index (χ1) is 5.95. The van der Waals surface area contributed by atoms with Crippen molar-refractivity contribution in [2.75, 3.05) is 0 Å². The van der Waals surface area contributed by atoms with Gasteiger partial charge < -0.3 is 0 Å². The average Bonchev–Trinajstić information content (AvgIpc) is 2.01. The van der Waals surface area contributed by atoms with E-state index >= 15 is 0 Å². The molecular formula is C7H4ClF3IN. The van der Waals surface area contributed by atoms with Crippen molar-refractivity contribution in [2.24, 2.45) is 0 Å². The van der Waals surface area contributed by atoms with E-state index in [9.17, 15) is 13.2 Å². The normalized spacial score (nSPS) is 11.8. The lowest BCUT2D eigenvalue weighted by atomic mass is 10.1. The highest BCUT2D eigenvalue weighted by Crippen LogP contribution is 2.32. The summed E-state index contributed by atoms with van der Waals surface area (Å²) in [6.45, 7) is 0. The van der Waals surface area contributed by atoms with Gasteiger partial charge in [-0.05, 0) is 34.2 Å². The molecule has 13 heavy (non-hydrogen) atoms. The van der Waals surface area contributed by atoms with Gasteiger partial charge in [-0.15, -0.1) is 11.6 Å². The van der Waals surface area contributed by atoms with Crippen LogP contribution in [0.15, 0.2) is 12.3 Å². The first-order valence-corrected chi connectivity index (χ1v) is 4.84. The van der Waals surface area contributed by atoms with Crippen molar-refractivity contribution >= 4 is 34.2 Å². The van der Waals surface area contributed by atoms with Crippen molar-refractivity contribution in [3.05, 3.63) is 27.1 Å². The Morgan fingerprint density at radius 1 is 1.46 bits per heavy atom. The fourth-order valence-corrected chi connectivity index (χ4v) is 1.57. The second-order valence-corrected chi connectivity index (χ2v) is 3.67. The molecule has 0 aliphatic rings. The minimum atomic E-state index is -4.37. The number of hydrogen-bond donors (Lipinski definition) is 0. The van der Waals surface area contributed by atoms with E-state index in [1.165, 1.54) is 6.07 Å². The SMILES string of the molecule is FC(F)(F)c1cnc(I)cc1CCl. The second-order valence-electron chi connectivity index (χ2n) is 2.30. The van der Waals surface area contributed by atoms with Gasteiger partial charge >= 0.3 is 6.18 Å². The van der Waals surface area contributed by atoms with Crippen molar-refractivity contribution < 1.29 is 13.2 Å². The fraction of sp³-hybridized carbons (Fsp3) is 0.286. The van der Waals surface area contributed by atoms with Crippen LogP contribution >= 0.6 is 34.2 Å². The third-order valence-electron chi connectivity index (χ3n) is 1.41. The van der Waals surface area contributed by atoms with E-state index < -0.39 is 11.7 Å². The maximum atomic E-state index is 12.3. The molecule has 0 N–H and O–H groups in total. The van der Waals surface area contributed by atoms with E-state index in [1.807, 2.05) is 22.6 Å². The Balaban J connectivity index is 3.22. The molecule has 0 unspecified atom stereocenters. The van der Waals surface area contributed by atoms with Gasteiger partial charge in [-0.1, -0.05) is 0 Å². The van der Waals surface area contributed by atoms with Crippen LogP contribution in [0.25, 0.3) is 0 Å². The van der Waals surface area contributed by atoms with Crippen LogP contribution in [0.2, 0.25) is 0 Å². The lowest BCUT2D eigenvalue weighted by Gasteiger charge is -2.10. The number of aromatic nitrogens is 1. The Morgan fingerprint density at radius 2 is 2.08 bits per heavy atom. The molecule has 0 bridgehead atoms. The molecule has 0 aliphatic heterocycles. The minimum absolute atomic E-state index is 0.0635. The quantitative estimate of drug-likeness (QED) is 0.439. The van der Waals surface area contributed by atoms with Gasteiger partial charge in [0.05, 0.1) is 5.56 Å². The Morgan fingerprint density at radius 3 is 2.54 bits per heavy atom. The first kappa shape index (κ1) is 11.0. The Kier molecular flexibility index (Phi) is 3.39. The largest absolute Gasteiger partial charge is 0.418 e. The van der Waals surface area contributed by atoms with Gasteiger partial charge in [-0.3, -0.25) is 0 Å². The zero-order chi connectivity index (χ0) is 10.1. The molecule has 0 radical (unpaired) electrons. The van der Waals surface area contributed by atoms with E-state index in [0.29, 0.717) is 3.70 Å². The van der Waals surface area contributed by atoms with Crippen LogP contribution in [0.4, 0.5) is 13.2 Å². The van der Waals surface area contributed by atoms with Crippen molar-refractivity contribution in [1.82, 2.24) is 4.98 Å². The number of alkyl halides is 4. The average molecular weight is 321 g/mol. The van der Waals surface area contributed by atoms with E-state index in [1.54, 1.807) is 0 Å². The summed E-state index contributed by atoms with van der Waals surface area (Å²) >= 11 is 7.22. The number of pyridine rings is 1. The summed E-state index contributed by atoms with van der Waals surface area (Å²) in [6, 6.07) is 1.33. The van der Waals surface area contributed by atoms with E-state index in [4.69, 9.17) is 11.6 Å². The molecule has 0 saturated heterocycles. The summed E-state index contributed by atoms with van der Waals surface area (Å²) in [7, 11) is 0. The summed E-state index contributed by atoms with van der Waals surface area (Å²) < 4.78 is 37.3. The van der Waals surface area contributed by atoms with Crippen molar-refractivity contribution in [2.45, 2.75) is 12.1 Å². The van der Waals surface area contributed by atoms with Gasteiger partial charge in [0.15, 0.2) is 0 Å². The highest BCUT2D eigenvalue weighted by atomic mass is 127. The maximum absolute atomic E-state index is 12.3. The van der Waals surface area contributed by atoms with Crippen LogP contribution in [-0.2, 0) is 12.1 Å². The smallest absolute Gasteiger partial charge is 0.250 e. The van der Waals surface area contributed by atoms with Crippen LogP contribution in [0.1, 0.15) is 11.1 Å². The molecule has 1 aromatic rings. The summed E-state index contributed by atoms with van der Waals surface area (Å²) in [5.74, 6) is -0.159. The summed E-state index contributed by atoms with van der Waals surface area (Å²) in [5, 5.41) is 0. The van der Waals surface area contributed by atoms with Crippen molar-refractivity contribution in [1.29, 1.82) is 0 Å². The molecule has 1 heterocycles. The second kappa shape index (κ2) is 4.00. The number of hydrogen-bond acceptors (Lipinski definition) is 1. The molecule has 72 valence electrons. The number of nitrogens with zero attached hydrogens (tertiary/aromatic N) is 1. The van der Waals surface area contributed by atoms with E-state index in [-0.39, 0.29) is 11.4 Å². The van der Waals surface area contributed by atoms with Crippen LogP contribution in [-0.4, -0.2) is 4.98 Å². The van der Waals surface area contributed by atoms with Gasteiger partial charge in [0, 0.05) is 12.1 Å². The van der Waals surface area contributed by atoms with Crippen LogP contribution in [0, 0.1) is 3.70 Å². The highest BCUT2D eigenvalue weighted by molar-refractivity contribution is 14.1. The van der Waals surface area contributed by atoms with Crippen LogP contribution < -0.4 is 0 Å². The lowest BCUT2D eigenvalue weighted by Crippen LogP contribution is -2.09. The molecule has 0 aliphatic carbocycles. The number of halogens is 5. The zero-order valence-corrected chi connectivity index (χ0v) is 9.11. The minimum Gasteiger partial charge on any atom is -0.250 e. The predicted octanol–water partition coefficient (Wildman–Crippen LogP) is 3.44. The molecule has 0 aromatic carbocycles. The monoisotopic (exact) mass is 321 g/mol. The molecule has 0 saturated carbocycles. The Bertz CT molecular complexity index is 313. The first-order valence-electron chi connectivity index (χ1n) is 3.22. The Hall–Kier alpha value is -0.0400. The molecule has 1 rings (SSSR count). The summed E-state index contributed by atoms with van der Waals surface area (Å²) in [5.41, 5.74) is -0.698. The molecule has 6 heteroatoms. The molecule has 0 spiro atoms. The molecule has 1 aromatic heterocycles. The standard InChI is InChI=1S/C7H4ClF3IN/c8-2-4-1-6(12)13-3-5(4)7(9,10)11/h1,3H,2H2. The molecule has 0 amide bonds. The van der Waals surface area contributed by atoms with E-state index in [0.717, 1.165) is 6.20 Å². The topological polar surface area (TPSA) is 12.9 Å². The molecule has 1 nitrogen and oxygen atoms in total. The third-order valence-corrected chi connectivity index (χ3v) is 2.28. The third kappa shape index (κ3) is 2.70. The van der Waals surface area contributed by atoms with Crippen molar-refractivity contribution in [3.8, 4) is 0 Å². The van der Waals surface area contributed by atoms with E-state index in [2.05, 4.69) is 4.98 Å². The molecule has 0 atom stereocenters.